The molecular weight excluding hydrogens is 296 g/mol. The monoisotopic (exact) mass is 318 g/mol. The summed E-state index contributed by atoms with van der Waals surface area (Å²) >= 11 is 0. The maximum atomic E-state index is 13.2. The van der Waals surface area contributed by atoms with Crippen molar-refractivity contribution in [3.63, 3.8) is 0 Å². The van der Waals surface area contributed by atoms with E-state index in [2.05, 4.69) is 37.3 Å². The zero-order valence-corrected chi connectivity index (χ0v) is 14.2. The Hall–Kier alpha value is -2.55. The molecule has 3 aromatic rings. The highest BCUT2D eigenvalue weighted by atomic mass is 16.2. The summed E-state index contributed by atoms with van der Waals surface area (Å²) in [7, 11) is 2.00. The molecule has 1 fully saturated rings. The summed E-state index contributed by atoms with van der Waals surface area (Å²) in [6, 6.07) is 17.0. The lowest BCUT2D eigenvalue weighted by Crippen LogP contribution is -2.32. The highest BCUT2D eigenvalue weighted by Crippen LogP contribution is 2.31. The van der Waals surface area contributed by atoms with E-state index < -0.39 is 0 Å². The van der Waals surface area contributed by atoms with Crippen molar-refractivity contribution in [1.29, 1.82) is 0 Å². The van der Waals surface area contributed by atoms with Gasteiger partial charge in [0.1, 0.15) is 0 Å². The maximum Gasteiger partial charge on any atom is 0.256 e. The van der Waals surface area contributed by atoms with Gasteiger partial charge in [0.25, 0.3) is 5.91 Å². The van der Waals surface area contributed by atoms with Crippen LogP contribution in [0.15, 0.2) is 54.7 Å². The van der Waals surface area contributed by atoms with Crippen LogP contribution >= 0.6 is 0 Å². The van der Waals surface area contributed by atoms with Crippen molar-refractivity contribution in [1.82, 2.24) is 9.47 Å². The molecule has 1 heterocycles. The van der Waals surface area contributed by atoms with E-state index in [1.54, 1.807) is 0 Å². The van der Waals surface area contributed by atoms with Crippen LogP contribution in [-0.2, 0) is 13.6 Å². The summed E-state index contributed by atoms with van der Waals surface area (Å²) in [5.41, 5.74) is 4.36. The number of carbonyl (C=O) groups is 1. The van der Waals surface area contributed by atoms with E-state index in [1.165, 1.54) is 11.1 Å². The van der Waals surface area contributed by atoms with Gasteiger partial charge in [-0.15, -0.1) is 0 Å². The van der Waals surface area contributed by atoms with Crippen molar-refractivity contribution in [2.45, 2.75) is 32.4 Å². The lowest BCUT2D eigenvalue weighted by atomic mass is 10.1. The highest BCUT2D eigenvalue weighted by molar-refractivity contribution is 6.07. The Bertz CT molecular complexity index is 888. The van der Waals surface area contributed by atoms with Crippen LogP contribution in [-0.4, -0.2) is 21.4 Å². The number of nitrogens with zero attached hydrogens (tertiary/aromatic N) is 2. The van der Waals surface area contributed by atoms with Crippen molar-refractivity contribution < 1.29 is 4.79 Å². The SMILES string of the molecule is Cc1ccc(CN(C(=O)c2cn(C)c3ccccc23)C2CC2)cc1. The van der Waals surface area contributed by atoms with Gasteiger partial charge < -0.3 is 9.47 Å². The zero-order valence-electron chi connectivity index (χ0n) is 14.2. The molecule has 0 bridgehead atoms. The first-order valence-corrected chi connectivity index (χ1v) is 8.54. The minimum absolute atomic E-state index is 0.148. The smallest absolute Gasteiger partial charge is 0.256 e. The molecule has 0 unspecified atom stereocenters. The third-order valence-corrected chi connectivity index (χ3v) is 4.85. The normalized spacial score (nSPS) is 14.1. The van der Waals surface area contributed by atoms with Crippen LogP contribution in [0.5, 0.6) is 0 Å². The quantitative estimate of drug-likeness (QED) is 0.704. The molecule has 122 valence electrons. The van der Waals surface area contributed by atoms with Gasteiger partial charge in [0, 0.05) is 36.7 Å². The number of rotatable bonds is 4. The first-order chi connectivity index (χ1) is 11.6. The molecule has 24 heavy (non-hydrogen) atoms. The van der Waals surface area contributed by atoms with Gasteiger partial charge in [0.15, 0.2) is 0 Å². The first kappa shape index (κ1) is 15.0. The summed E-state index contributed by atoms with van der Waals surface area (Å²) in [5.74, 6) is 0.148. The van der Waals surface area contributed by atoms with E-state index in [-0.39, 0.29) is 5.91 Å². The van der Waals surface area contributed by atoms with Crippen molar-refractivity contribution in [2.75, 3.05) is 0 Å². The summed E-state index contributed by atoms with van der Waals surface area (Å²) in [5, 5.41) is 1.04. The number of fused-ring (bicyclic) bond motifs is 1. The lowest BCUT2D eigenvalue weighted by Gasteiger charge is -2.22. The van der Waals surface area contributed by atoms with Crippen molar-refractivity contribution >= 4 is 16.8 Å². The van der Waals surface area contributed by atoms with E-state index >= 15 is 0 Å². The van der Waals surface area contributed by atoms with Crippen molar-refractivity contribution in [2.24, 2.45) is 7.05 Å². The zero-order chi connectivity index (χ0) is 16.7. The standard InChI is InChI=1S/C21H22N2O/c1-15-7-9-16(10-8-15)13-23(17-11-12-17)21(24)19-14-22(2)20-6-4-3-5-18(19)20/h3-10,14,17H,11-13H2,1-2H3. The molecule has 1 aromatic heterocycles. The molecule has 0 saturated heterocycles. The van der Waals surface area contributed by atoms with Crippen LogP contribution in [0.2, 0.25) is 0 Å². The fourth-order valence-electron chi connectivity index (χ4n) is 3.31. The predicted molar refractivity (Wildman–Crippen MR) is 97.0 cm³/mol. The fraction of sp³-hybridized carbons (Fsp3) is 0.286. The van der Waals surface area contributed by atoms with Gasteiger partial charge in [0.05, 0.1) is 5.56 Å². The Morgan fingerprint density at radius 1 is 1.12 bits per heavy atom. The highest BCUT2D eigenvalue weighted by Gasteiger charge is 2.34. The van der Waals surface area contributed by atoms with Crippen LogP contribution in [0.4, 0.5) is 0 Å². The van der Waals surface area contributed by atoms with Crippen LogP contribution < -0.4 is 0 Å². The summed E-state index contributed by atoms with van der Waals surface area (Å²) in [6.07, 6.45) is 4.20. The Labute approximate surface area is 142 Å². The summed E-state index contributed by atoms with van der Waals surface area (Å²) in [6.45, 7) is 2.77. The number of carbonyl (C=O) groups excluding carboxylic acids is 1. The minimum Gasteiger partial charge on any atom is -0.350 e. The van der Waals surface area contributed by atoms with E-state index in [0.29, 0.717) is 12.6 Å². The van der Waals surface area contributed by atoms with Gasteiger partial charge in [0.2, 0.25) is 0 Å². The Balaban J connectivity index is 1.68. The molecular formula is C21H22N2O. The van der Waals surface area contributed by atoms with Gasteiger partial charge in [-0.3, -0.25) is 4.79 Å². The number of amides is 1. The molecule has 3 nitrogen and oxygen atoms in total. The summed E-state index contributed by atoms with van der Waals surface area (Å²) in [4.78, 5) is 15.3. The van der Waals surface area contributed by atoms with E-state index in [0.717, 1.165) is 29.3 Å². The third-order valence-electron chi connectivity index (χ3n) is 4.85. The van der Waals surface area contributed by atoms with Crippen molar-refractivity contribution in [3.05, 3.63) is 71.4 Å². The molecule has 4 rings (SSSR count). The second kappa shape index (κ2) is 5.82. The number of aryl methyl sites for hydroxylation is 2. The molecule has 0 N–H and O–H groups in total. The average Bonchev–Trinajstić information content (AvgIpc) is 3.38. The van der Waals surface area contributed by atoms with Crippen LogP contribution in [0, 0.1) is 6.92 Å². The molecule has 0 aliphatic heterocycles. The molecule has 2 aromatic carbocycles. The second-order valence-corrected chi connectivity index (χ2v) is 6.82. The predicted octanol–water partition coefficient (Wildman–Crippen LogP) is 4.29. The lowest BCUT2D eigenvalue weighted by molar-refractivity contribution is 0.0731. The van der Waals surface area contributed by atoms with Gasteiger partial charge in [-0.2, -0.15) is 0 Å². The van der Waals surface area contributed by atoms with Gasteiger partial charge in [-0.05, 0) is 31.4 Å². The van der Waals surface area contributed by atoms with Gasteiger partial charge >= 0.3 is 0 Å². The van der Waals surface area contributed by atoms with Gasteiger partial charge in [-0.1, -0.05) is 48.0 Å². The molecule has 0 radical (unpaired) electrons. The number of hydrogen-bond donors (Lipinski definition) is 0. The van der Waals surface area contributed by atoms with E-state index in [4.69, 9.17) is 0 Å². The summed E-state index contributed by atoms with van der Waals surface area (Å²) < 4.78 is 2.04. The molecule has 1 amide bonds. The molecule has 1 aliphatic rings. The molecule has 1 saturated carbocycles. The first-order valence-electron chi connectivity index (χ1n) is 8.54. The van der Waals surface area contributed by atoms with Crippen LogP contribution in [0.25, 0.3) is 10.9 Å². The van der Waals surface area contributed by atoms with Crippen molar-refractivity contribution in [3.8, 4) is 0 Å². The van der Waals surface area contributed by atoms with E-state index in [1.807, 2.05) is 40.9 Å². The number of benzene rings is 2. The Morgan fingerprint density at radius 2 is 1.83 bits per heavy atom. The Morgan fingerprint density at radius 3 is 2.54 bits per heavy atom. The molecule has 3 heteroatoms. The topological polar surface area (TPSA) is 25.2 Å². The minimum atomic E-state index is 0.148. The van der Waals surface area contributed by atoms with E-state index in [9.17, 15) is 4.79 Å². The Kier molecular flexibility index (Phi) is 3.64. The van der Waals surface area contributed by atoms with Gasteiger partial charge in [-0.25, -0.2) is 0 Å². The van der Waals surface area contributed by atoms with Crippen LogP contribution in [0.1, 0.15) is 34.3 Å². The maximum absolute atomic E-state index is 13.2. The second-order valence-electron chi connectivity index (χ2n) is 6.82. The number of hydrogen-bond acceptors (Lipinski definition) is 1. The number of para-hydroxylation sites is 1. The third kappa shape index (κ3) is 2.71. The molecule has 0 atom stereocenters. The molecule has 0 spiro atoms. The largest absolute Gasteiger partial charge is 0.350 e. The average molecular weight is 318 g/mol. The van der Waals surface area contributed by atoms with Crippen LogP contribution in [0.3, 0.4) is 0 Å². The fourth-order valence-corrected chi connectivity index (χ4v) is 3.31. The number of aromatic nitrogens is 1. The molecule has 1 aliphatic carbocycles.